The minimum Gasteiger partial charge on any atom is -0.466 e. The number of hydrogen-bond donors (Lipinski definition) is 0. The first-order valence-corrected chi connectivity index (χ1v) is 11.5. The molecular formula is C22H34F8O4. The molecule has 0 saturated heterocycles. The molecule has 0 aliphatic heterocycles. The third-order valence-electron chi connectivity index (χ3n) is 5.09. The van der Waals surface area contributed by atoms with Gasteiger partial charge in [-0.2, -0.15) is 26.3 Å². The molecule has 0 N–H and O–H groups in total. The summed E-state index contributed by atoms with van der Waals surface area (Å²) < 4.78 is 111. The van der Waals surface area contributed by atoms with Crippen LogP contribution in [0.2, 0.25) is 0 Å². The van der Waals surface area contributed by atoms with Crippen molar-refractivity contribution < 1.29 is 54.2 Å². The fourth-order valence-electron chi connectivity index (χ4n) is 2.92. The summed E-state index contributed by atoms with van der Waals surface area (Å²) in [6.07, 6.45) is 3.54. The van der Waals surface area contributed by atoms with Crippen molar-refractivity contribution in [3.8, 4) is 0 Å². The van der Waals surface area contributed by atoms with Crippen LogP contribution in [0.25, 0.3) is 0 Å². The van der Waals surface area contributed by atoms with Gasteiger partial charge in [-0.25, -0.2) is 8.78 Å². The average Bonchev–Trinajstić information content (AvgIpc) is 2.76. The van der Waals surface area contributed by atoms with E-state index < -0.39 is 43.2 Å². The van der Waals surface area contributed by atoms with E-state index in [1.165, 1.54) is 0 Å². The molecule has 0 amide bonds. The molecule has 0 atom stereocenters. The fraction of sp³-hybridized carbons (Fsp3) is 0.909. The van der Waals surface area contributed by atoms with Gasteiger partial charge in [0.15, 0.2) is 6.61 Å². The number of ether oxygens (including phenoxy) is 2. The molecule has 0 saturated carbocycles. The summed E-state index contributed by atoms with van der Waals surface area (Å²) in [5.74, 6) is -19.9. The summed E-state index contributed by atoms with van der Waals surface area (Å²) >= 11 is 0. The molecule has 0 fully saturated rings. The van der Waals surface area contributed by atoms with Gasteiger partial charge < -0.3 is 9.47 Å². The molecule has 34 heavy (non-hydrogen) atoms. The second-order valence-electron chi connectivity index (χ2n) is 8.12. The SMILES string of the molecule is CCCCCCCOC(=O)CCCCCCCCC(=O)OCC(F)(F)C(F)(F)C(F)(F)C(F)F. The van der Waals surface area contributed by atoms with Crippen LogP contribution in [0.5, 0.6) is 0 Å². The lowest BCUT2D eigenvalue weighted by molar-refractivity contribution is -0.344. The van der Waals surface area contributed by atoms with Gasteiger partial charge in [-0.05, 0) is 19.3 Å². The van der Waals surface area contributed by atoms with E-state index in [0.717, 1.165) is 44.9 Å². The second-order valence-corrected chi connectivity index (χ2v) is 8.12. The minimum absolute atomic E-state index is 0.175. The van der Waals surface area contributed by atoms with Gasteiger partial charge in [-0.1, -0.05) is 58.3 Å². The molecule has 0 aromatic carbocycles. The molecule has 0 spiro atoms. The molecule has 0 aliphatic carbocycles. The third kappa shape index (κ3) is 11.7. The Morgan fingerprint density at radius 3 is 1.62 bits per heavy atom. The molecule has 12 heteroatoms. The molecule has 0 aliphatic rings. The highest BCUT2D eigenvalue weighted by atomic mass is 19.4. The number of halogens is 8. The zero-order valence-corrected chi connectivity index (χ0v) is 19.3. The quantitative estimate of drug-likeness (QED) is 0.0970. The van der Waals surface area contributed by atoms with Gasteiger partial charge in [-0.15, -0.1) is 0 Å². The Balaban J connectivity index is 3.88. The van der Waals surface area contributed by atoms with Gasteiger partial charge in [0.05, 0.1) is 6.61 Å². The summed E-state index contributed by atoms with van der Waals surface area (Å²) in [5, 5.41) is 0. The van der Waals surface area contributed by atoms with Crippen LogP contribution in [0.4, 0.5) is 35.1 Å². The smallest absolute Gasteiger partial charge is 0.381 e. The van der Waals surface area contributed by atoms with Crippen LogP contribution in [-0.4, -0.2) is 49.3 Å². The van der Waals surface area contributed by atoms with E-state index >= 15 is 0 Å². The third-order valence-corrected chi connectivity index (χ3v) is 5.09. The summed E-state index contributed by atoms with van der Waals surface area (Å²) in [4.78, 5) is 23.0. The Bertz CT molecular complexity index is 585. The van der Waals surface area contributed by atoms with Crippen LogP contribution in [0, 0.1) is 0 Å². The van der Waals surface area contributed by atoms with E-state index in [9.17, 15) is 44.7 Å². The van der Waals surface area contributed by atoms with Gasteiger partial charge in [0.2, 0.25) is 0 Å². The van der Waals surface area contributed by atoms with Crippen LogP contribution in [0.15, 0.2) is 0 Å². The summed E-state index contributed by atoms with van der Waals surface area (Å²) in [6.45, 7) is 0.0922. The molecule has 0 heterocycles. The number of alkyl halides is 8. The van der Waals surface area contributed by atoms with Crippen LogP contribution < -0.4 is 0 Å². The molecule has 202 valence electrons. The minimum atomic E-state index is -6.39. The zero-order chi connectivity index (χ0) is 26.3. The largest absolute Gasteiger partial charge is 0.466 e. The Morgan fingerprint density at radius 2 is 1.12 bits per heavy atom. The number of carbonyl (C=O) groups excluding carboxylic acids is 2. The van der Waals surface area contributed by atoms with Gasteiger partial charge in [-0.3, -0.25) is 9.59 Å². The number of hydrogen-bond acceptors (Lipinski definition) is 4. The van der Waals surface area contributed by atoms with Crippen molar-refractivity contribution in [1.29, 1.82) is 0 Å². The molecule has 0 radical (unpaired) electrons. The maximum atomic E-state index is 13.3. The maximum Gasteiger partial charge on any atom is 0.381 e. The van der Waals surface area contributed by atoms with Crippen LogP contribution in [0.1, 0.15) is 90.4 Å². The molecule has 0 bridgehead atoms. The van der Waals surface area contributed by atoms with Crippen molar-refractivity contribution in [1.82, 2.24) is 0 Å². The average molecular weight is 514 g/mol. The number of unbranched alkanes of at least 4 members (excludes halogenated alkanes) is 9. The lowest BCUT2D eigenvalue weighted by Crippen LogP contribution is -2.59. The first-order valence-electron chi connectivity index (χ1n) is 11.5. The summed E-state index contributed by atoms with van der Waals surface area (Å²) in [6, 6.07) is 0. The predicted molar refractivity (Wildman–Crippen MR) is 108 cm³/mol. The first kappa shape index (κ1) is 32.4. The summed E-state index contributed by atoms with van der Waals surface area (Å²) in [5.41, 5.74) is 0. The topological polar surface area (TPSA) is 52.6 Å². The van der Waals surface area contributed by atoms with Crippen molar-refractivity contribution >= 4 is 11.9 Å². The van der Waals surface area contributed by atoms with Gasteiger partial charge >= 0.3 is 36.1 Å². The van der Waals surface area contributed by atoms with Crippen molar-refractivity contribution in [2.75, 3.05) is 13.2 Å². The Labute approximate surface area is 194 Å². The zero-order valence-electron chi connectivity index (χ0n) is 19.3. The molecule has 0 aromatic rings. The highest BCUT2D eigenvalue weighted by Crippen LogP contribution is 2.48. The molecular weight excluding hydrogens is 480 g/mol. The second kappa shape index (κ2) is 16.1. The lowest BCUT2D eigenvalue weighted by atomic mass is 10.1. The van der Waals surface area contributed by atoms with Crippen molar-refractivity contribution in [2.45, 2.75) is 115 Å². The predicted octanol–water partition coefficient (Wildman–Crippen LogP) is 7.34. The van der Waals surface area contributed by atoms with E-state index in [4.69, 9.17) is 4.74 Å². The van der Waals surface area contributed by atoms with E-state index in [-0.39, 0.29) is 12.4 Å². The fourth-order valence-corrected chi connectivity index (χ4v) is 2.92. The van der Waals surface area contributed by atoms with Crippen molar-refractivity contribution in [3.63, 3.8) is 0 Å². The highest BCUT2D eigenvalue weighted by molar-refractivity contribution is 5.69. The van der Waals surface area contributed by atoms with E-state index in [1.807, 2.05) is 0 Å². The molecule has 0 aromatic heterocycles. The number of esters is 2. The number of rotatable bonds is 20. The molecule has 4 nitrogen and oxygen atoms in total. The Morgan fingerprint density at radius 1 is 0.676 bits per heavy atom. The number of carbonyl (C=O) groups is 2. The Hall–Kier alpha value is -1.62. The van der Waals surface area contributed by atoms with Crippen molar-refractivity contribution in [3.05, 3.63) is 0 Å². The molecule has 0 unspecified atom stereocenters. The maximum absolute atomic E-state index is 13.3. The monoisotopic (exact) mass is 514 g/mol. The standard InChI is InChI=1S/C22H34F8O4/c1-2-3-4-9-12-15-33-17(31)13-10-7-5-6-8-11-14-18(32)34-16-20(25,26)22(29,30)21(27,28)19(23)24/h19H,2-16H2,1H3. The van der Waals surface area contributed by atoms with Gasteiger partial charge in [0, 0.05) is 12.8 Å². The van der Waals surface area contributed by atoms with Gasteiger partial charge in [0.25, 0.3) is 0 Å². The summed E-state index contributed by atoms with van der Waals surface area (Å²) in [7, 11) is 0. The molecule has 0 rings (SSSR count). The highest BCUT2D eigenvalue weighted by Gasteiger charge is 2.75. The van der Waals surface area contributed by atoms with E-state index in [2.05, 4.69) is 11.7 Å². The Kier molecular flexibility index (Phi) is 15.4. The van der Waals surface area contributed by atoms with Crippen LogP contribution in [-0.2, 0) is 19.1 Å². The first-order chi connectivity index (χ1) is 15.8. The van der Waals surface area contributed by atoms with E-state index in [0.29, 0.717) is 32.3 Å². The van der Waals surface area contributed by atoms with Gasteiger partial charge in [0.1, 0.15) is 0 Å². The van der Waals surface area contributed by atoms with E-state index in [1.54, 1.807) is 0 Å². The van der Waals surface area contributed by atoms with Crippen LogP contribution in [0.3, 0.4) is 0 Å². The van der Waals surface area contributed by atoms with Crippen LogP contribution >= 0.6 is 0 Å². The normalized spacial score (nSPS) is 12.8. The lowest BCUT2D eigenvalue weighted by Gasteiger charge is -2.31. The van der Waals surface area contributed by atoms with Crippen molar-refractivity contribution in [2.24, 2.45) is 0 Å².